The lowest BCUT2D eigenvalue weighted by Gasteiger charge is -2.08. The topological polar surface area (TPSA) is 35.2 Å². The highest BCUT2D eigenvalue weighted by Gasteiger charge is 2.03. The number of ether oxygens (including phenoxy) is 1. The first-order chi connectivity index (χ1) is 8.15. The van der Waals surface area contributed by atoms with Crippen molar-refractivity contribution in [1.82, 2.24) is 0 Å². The number of nitrogens with two attached hydrogens (primary N) is 1. The van der Waals surface area contributed by atoms with Crippen LogP contribution in [0.4, 0.5) is 10.1 Å². The maximum Gasteiger partial charge on any atom is 0.123 e. The number of rotatable bonds is 3. The highest BCUT2D eigenvalue weighted by molar-refractivity contribution is 9.10. The molecule has 0 saturated carbocycles. The van der Waals surface area contributed by atoms with Gasteiger partial charge < -0.3 is 10.5 Å². The molecule has 0 atom stereocenters. The van der Waals surface area contributed by atoms with E-state index in [2.05, 4.69) is 15.9 Å². The van der Waals surface area contributed by atoms with Gasteiger partial charge in [0.1, 0.15) is 18.2 Å². The largest absolute Gasteiger partial charge is 0.489 e. The Balaban J connectivity index is 2.09. The Bertz CT molecular complexity index is 531. The Morgan fingerprint density at radius 3 is 2.76 bits per heavy atom. The fourth-order valence-electron chi connectivity index (χ4n) is 1.42. The van der Waals surface area contributed by atoms with Crippen LogP contribution < -0.4 is 10.5 Å². The first kappa shape index (κ1) is 11.9. The lowest BCUT2D eigenvalue weighted by molar-refractivity contribution is 0.305. The van der Waals surface area contributed by atoms with Gasteiger partial charge in [0, 0.05) is 21.8 Å². The molecule has 0 aliphatic rings. The smallest absolute Gasteiger partial charge is 0.123 e. The molecule has 0 unspecified atom stereocenters. The molecule has 17 heavy (non-hydrogen) atoms. The monoisotopic (exact) mass is 295 g/mol. The standard InChI is InChI=1S/C13H11BrFNO/c14-13-5-4-10(15)6-9(13)8-17-12-3-1-2-11(16)7-12/h1-7H,8,16H2. The van der Waals surface area contributed by atoms with Crippen molar-refractivity contribution in [2.45, 2.75) is 6.61 Å². The van der Waals surface area contributed by atoms with E-state index >= 15 is 0 Å². The van der Waals surface area contributed by atoms with Crippen molar-refractivity contribution in [1.29, 1.82) is 0 Å². The molecule has 0 aliphatic heterocycles. The van der Waals surface area contributed by atoms with Crippen LogP contribution in [0.25, 0.3) is 0 Å². The van der Waals surface area contributed by atoms with Crippen LogP contribution in [-0.2, 0) is 6.61 Å². The minimum Gasteiger partial charge on any atom is -0.489 e. The van der Waals surface area contributed by atoms with Gasteiger partial charge in [-0.05, 0) is 30.3 Å². The number of anilines is 1. The molecule has 0 heterocycles. The van der Waals surface area contributed by atoms with E-state index in [9.17, 15) is 4.39 Å². The van der Waals surface area contributed by atoms with Gasteiger partial charge in [-0.2, -0.15) is 0 Å². The van der Waals surface area contributed by atoms with E-state index in [0.717, 1.165) is 10.0 Å². The molecule has 2 aromatic carbocycles. The third kappa shape index (κ3) is 3.20. The Kier molecular flexibility index (Phi) is 3.64. The van der Waals surface area contributed by atoms with E-state index in [0.29, 0.717) is 18.0 Å². The number of hydrogen-bond donors (Lipinski definition) is 1. The van der Waals surface area contributed by atoms with Crippen LogP contribution in [0.3, 0.4) is 0 Å². The second kappa shape index (κ2) is 5.19. The summed E-state index contributed by atoms with van der Waals surface area (Å²) < 4.78 is 19.4. The fourth-order valence-corrected chi connectivity index (χ4v) is 1.78. The minimum atomic E-state index is -0.278. The Morgan fingerprint density at radius 1 is 1.18 bits per heavy atom. The van der Waals surface area contributed by atoms with Crippen LogP contribution in [0.1, 0.15) is 5.56 Å². The highest BCUT2D eigenvalue weighted by atomic mass is 79.9. The summed E-state index contributed by atoms with van der Waals surface area (Å²) in [5.74, 6) is 0.389. The lowest BCUT2D eigenvalue weighted by atomic mass is 10.2. The van der Waals surface area contributed by atoms with Gasteiger partial charge in [0.25, 0.3) is 0 Å². The van der Waals surface area contributed by atoms with Crippen LogP contribution in [0, 0.1) is 5.82 Å². The number of halogens is 2. The normalized spacial score (nSPS) is 10.2. The van der Waals surface area contributed by atoms with E-state index in [4.69, 9.17) is 10.5 Å². The van der Waals surface area contributed by atoms with Crippen molar-refractivity contribution >= 4 is 21.6 Å². The molecule has 2 aromatic rings. The van der Waals surface area contributed by atoms with E-state index in [1.807, 2.05) is 12.1 Å². The van der Waals surface area contributed by atoms with Crippen molar-refractivity contribution in [3.8, 4) is 5.75 Å². The van der Waals surface area contributed by atoms with E-state index in [-0.39, 0.29) is 5.82 Å². The average molecular weight is 296 g/mol. The van der Waals surface area contributed by atoms with Crippen molar-refractivity contribution in [3.05, 3.63) is 58.3 Å². The molecule has 2 rings (SSSR count). The van der Waals surface area contributed by atoms with Crippen molar-refractivity contribution in [2.75, 3.05) is 5.73 Å². The molecule has 0 radical (unpaired) electrons. The van der Waals surface area contributed by atoms with Gasteiger partial charge in [-0.15, -0.1) is 0 Å². The fraction of sp³-hybridized carbons (Fsp3) is 0.0769. The zero-order chi connectivity index (χ0) is 12.3. The third-order valence-electron chi connectivity index (χ3n) is 2.26. The zero-order valence-corrected chi connectivity index (χ0v) is 10.6. The Labute approximate surface area is 107 Å². The molecule has 2 nitrogen and oxygen atoms in total. The molecular weight excluding hydrogens is 285 g/mol. The van der Waals surface area contributed by atoms with Crippen molar-refractivity contribution in [2.24, 2.45) is 0 Å². The summed E-state index contributed by atoms with van der Waals surface area (Å²) in [6, 6.07) is 11.6. The second-order valence-corrected chi connectivity index (χ2v) is 4.45. The first-order valence-corrected chi connectivity index (χ1v) is 5.87. The van der Waals surface area contributed by atoms with Gasteiger partial charge in [0.15, 0.2) is 0 Å². The summed E-state index contributed by atoms with van der Waals surface area (Å²) in [7, 11) is 0. The van der Waals surface area contributed by atoms with Gasteiger partial charge in [0.05, 0.1) is 0 Å². The minimum absolute atomic E-state index is 0.278. The van der Waals surface area contributed by atoms with E-state index in [1.54, 1.807) is 18.2 Å². The van der Waals surface area contributed by atoms with Gasteiger partial charge in [-0.3, -0.25) is 0 Å². The maximum atomic E-state index is 13.0. The second-order valence-electron chi connectivity index (χ2n) is 3.60. The molecule has 0 spiro atoms. The maximum absolute atomic E-state index is 13.0. The van der Waals surface area contributed by atoms with Crippen LogP contribution in [-0.4, -0.2) is 0 Å². The van der Waals surface area contributed by atoms with Crippen LogP contribution in [0.15, 0.2) is 46.9 Å². The summed E-state index contributed by atoms with van der Waals surface area (Å²) in [6.07, 6.45) is 0. The molecule has 0 saturated heterocycles. The number of benzene rings is 2. The summed E-state index contributed by atoms with van der Waals surface area (Å²) in [5, 5.41) is 0. The molecule has 0 aliphatic carbocycles. The average Bonchev–Trinajstić information content (AvgIpc) is 2.30. The summed E-state index contributed by atoms with van der Waals surface area (Å²) in [5.41, 5.74) is 7.03. The van der Waals surface area contributed by atoms with E-state index < -0.39 is 0 Å². The Morgan fingerprint density at radius 2 is 2.00 bits per heavy atom. The first-order valence-electron chi connectivity index (χ1n) is 5.07. The molecular formula is C13H11BrFNO. The third-order valence-corrected chi connectivity index (χ3v) is 3.03. The lowest BCUT2D eigenvalue weighted by Crippen LogP contribution is -1.97. The summed E-state index contributed by atoms with van der Waals surface area (Å²) in [4.78, 5) is 0. The molecule has 4 heteroatoms. The SMILES string of the molecule is Nc1cccc(OCc2cc(F)ccc2Br)c1. The summed E-state index contributed by atoms with van der Waals surface area (Å²) >= 11 is 3.35. The van der Waals surface area contributed by atoms with Gasteiger partial charge >= 0.3 is 0 Å². The number of nitrogen functional groups attached to an aromatic ring is 1. The summed E-state index contributed by atoms with van der Waals surface area (Å²) in [6.45, 7) is 0.293. The molecule has 2 N–H and O–H groups in total. The predicted octanol–water partition coefficient (Wildman–Crippen LogP) is 3.75. The van der Waals surface area contributed by atoms with Crippen molar-refractivity contribution < 1.29 is 9.13 Å². The van der Waals surface area contributed by atoms with Crippen molar-refractivity contribution in [3.63, 3.8) is 0 Å². The van der Waals surface area contributed by atoms with Gasteiger partial charge in [-0.25, -0.2) is 4.39 Å². The van der Waals surface area contributed by atoms with Crippen LogP contribution >= 0.6 is 15.9 Å². The molecule has 88 valence electrons. The molecule has 0 bridgehead atoms. The van der Waals surface area contributed by atoms with Gasteiger partial charge in [-0.1, -0.05) is 22.0 Å². The zero-order valence-electron chi connectivity index (χ0n) is 8.99. The quantitative estimate of drug-likeness (QED) is 0.875. The van der Waals surface area contributed by atoms with Crippen LogP contribution in [0.2, 0.25) is 0 Å². The predicted molar refractivity (Wildman–Crippen MR) is 69.3 cm³/mol. The molecule has 0 aromatic heterocycles. The molecule has 0 amide bonds. The van der Waals surface area contributed by atoms with Crippen LogP contribution in [0.5, 0.6) is 5.75 Å². The Hall–Kier alpha value is -1.55. The molecule has 0 fully saturated rings. The van der Waals surface area contributed by atoms with E-state index in [1.165, 1.54) is 12.1 Å². The number of hydrogen-bond acceptors (Lipinski definition) is 2. The highest BCUT2D eigenvalue weighted by Crippen LogP contribution is 2.21. The van der Waals surface area contributed by atoms with Gasteiger partial charge in [0.2, 0.25) is 0 Å².